The van der Waals surface area contributed by atoms with Crippen molar-refractivity contribution >= 4 is 15.9 Å². The number of hydrogen-bond acceptors (Lipinski definition) is 3. The van der Waals surface area contributed by atoms with Gasteiger partial charge in [0.1, 0.15) is 11.6 Å². The molecule has 4 nitrogen and oxygen atoms in total. The van der Waals surface area contributed by atoms with Gasteiger partial charge in [0.15, 0.2) is 0 Å². The zero-order valence-electron chi connectivity index (χ0n) is 11.7. The second kappa shape index (κ2) is 6.37. The second-order valence-electron chi connectivity index (χ2n) is 4.45. The van der Waals surface area contributed by atoms with Crippen LogP contribution in [-0.4, -0.2) is 16.3 Å². The molecule has 6 heteroatoms. The number of ether oxygens (including phenoxy) is 1. The van der Waals surface area contributed by atoms with Crippen LogP contribution in [0.1, 0.15) is 18.2 Å². The summed E-state index contributed by atoms with van der Waals surface area (Å²) in [4.78, 5) is 0. The minimum Gasteiger partial charge on any atom is -0.438 e. The van der Waals surface area contributed by atoms with Crippen LogP contribution in [0.15, 0.2) is 22.7 Å². The average molecular weight is 342 g/mol. The van der Waals surface area contributed by atoms with Crippen molar-refractivity contribution in [3.63, 3.8) is 0 Å². The first-order chi connectivity index (χ1) is 9.52. The maximum absolute atomic E-state index is 13.3. The van der Waals surface area contributed by atoms with Crippen molar-refractivity contribution in [1.29, 1.82) is 0 Å². The summed E-state index contributed by atoms with van der Waals surface area (Å²) < 4.78 is 21.5. The fraction of sp³-hybridized carbons (Fsp3) is 0.357. The smallest absolute Gasteiger partial charge is 0.222 e. The molecule has 0 atom stereocenters. The third-order valence-corrected chi connectivity index (χ3v) is 3.60. The normalized spacial score (nSPS) is 10.8. The molecule has 1 N–H and O–H groups in total. The van der Waals surface area contributed by atoms with Crippen LogP contribution in [0.5, 0.6) is 11.6 Å². The van der Waals surface area contributed by atoms with Crippen LogP contribution in [0, 0.1) is 12.7 Å². The Morgan fingerprint density at radius 3 is 2.90 bits per heavy atom. The topological polar surface area (TPSA) is 39.1 Å². The van der Waals surface area contributed by atoms with E-state index < -0.39 is 0 Å². The fourth-order valence-corrected chi connectivity index (χ4v) is 2.25. The summed E-state index contributed by atoms with van der Waals surface area (Å²) in [6, 6.07) is 4.35. The van der Waals surface area contributed by atoms with E-state index in [1.807, 2.05) is 20.9 Å². The van der Waals surface area contributed by atoms with E-state index in [-0.39, 0.29) is 5.82 Å². The van der Waals surface area contributed by atoms with E-state index in [0.717, 1.165) is 17.8 Å². The summed E-state index contributed by atoms with van der Waals surface area (Å²) in [5, 5.41) is 7.61. The fourth-order valence-electron chi connectivity index (χ4n) is 1.92. The highest BCUT2D eigenvalue weighted by molar-refractivity contribution is 9.10. The SMILES string of the molecule is CCNCc1c(C)nn(C)c1Oc1cc(F)ccc1Br. The predicted octanol–water partition coefficient (Wildman–Crippen LogP) is 3.53. The molecule has 0 radical (unpaired) electrons. The number of nitrogens with one attached hydrogen (secondary N) is 1. The van der Waals surface area contributed by atoms with Gasteiger partial charge in [0.25, 0.3) is 0 Å². The zero-order valence-corrected chi connectivity index (χ0v) is 13.3. The second-order valence-corrected chi connectivity index (χ2v) is 5.30. The van der Waals surface area contributed by atoms with E-state index in [2.05, 4.69) is 26.3 Å². The lowest BCUT2D eigenvalue weighted by Gasteiger charge is -2.10. The third-order valence-electron chi connectivity index (χ3n) is 2.94. The Kier molecular flexibility index (Phi) is 4.77. The molecule has 108 valence electrons. The van der Waals surface area contributed by atoms with Gasteiger partial charge in [-0.25, -0.2) is 9.07 Å². The van der Waals surface area contributed by atoms with E-state index in [1.54, 1.807) is 10.7 Å². The Hall–Kier alpha value is -1.40. The molecule has 1 heterocycles. The molecule has 1 aromatic heterocycles. The number of halogens is 2. The van der Waals surface area contributed by atoms with Crippen molar-refractivity contribution in [3.05, 3.63) is 39.7 Å². The van der Waals surface area contributed by atoms with Crippen molar-refractivity contribution in [2.75, 3.05) is 6.54 Å². The van der Waals surface area contributed by atoms with Gasteiger partial charge < -0.3 is 10.1 Å². The molecule has 0 unspecified atom stereocenters. The Bertz CT molecular complexity index is 613. The van der Waals surface area contributed by atoms with Crippen LogP contribution in [0.3, 0.4) is 0 Å². The molecule has 20 heavy (non-hydrogen) atoms. The van der Waals surface area contributed by atoms with Crippen molar-refractivity contribution in [2.45, 2.75) is 20.4 Å². The molecule has 0 fully saturated rings. The highest BCUT2D eigenvalue weighted by atomic mass is 79.9. The Morgan fingerprint density at radius 1 is 1.45 bits per heavy atom. The van der Waals surface area contributed by atoms with Crippen LogP contribution in [-0.2, 0) is 13.6 Å². The molecule has 0 spiro atoms. The summed E-state index contributed by atoms with van der Waals surface area (Å²) in [5.41, 5.74) is 1.88. The van der Waals surface area contributed by atoms with Gasteiger partial charge in [-0.3, -0.25) is 0 Å². The Morgan fingerprint density at radius 2 is 2.20 bits per heavy atom. The molecule has 2 aromatic rings. The molecule has 0 aliphatic heterocycles. The van der Waals surface area contributed by atoms with Gasteiger partial charge in [-0.15, -0.1) is 0 Å². The van der Waals surface area contributed by atoms with E-state index in [4.69, 9.17) is 4.74 Å². The van der Waals surface area contributed by atoms with Gasteiger partial charge >= 0.3 is 0 Å². The molecular weight excluding hydrogens is 325 g/mol. The van der Waals surface area contributed by atoms with Crippen LogP contribution in [0.25, 0.3) is 0 Å². The molecule has 0 saturated carbocycles. The van der Waals surface area contributed by atoms with Crippen molar-refractivity contribution < 1.29 is 9.13 Å². The van der Waals surface area contributed by atoms with E-state index in [1.165, 1.54) is 12.1 Å². The van der Waals surface area contributed by atoms with Crippen molar-refractivity contribution in [1.82, 2.24) is 15.1 Å². The van der Waals surface area contributed by atoms with E-state index in [0.29, 0.717) is 22.6 Å². The highest BCUT2D eigenvalue weighted by Crippen LogP contribution is 2.32. The van der Waals surface area contributed by atoms with Gasteiger partial charge in [-0.1, -0.05) is 6.92 Å². The third kappa shape index (κ3) is 3.19. The van der Waals surface area contributed by atoms with Gasteiger partial charge in [0.05, 0.1) is 15.7 Å². The maximum atomic E-state index is 13.3. The van der Waals surface area contributed by atoms with Crippen LogP contribution < -0.4 is 10.1 Å². The van der Waals surface area contributed by atoms with Gasteiger partial charge in [-0.2, -0.15) is 5.10 Å². The van der Waals surface area contributed by atoms with Crippen molar-refractivity contribution in [2.24, 2.45) is 7.05 Å². The summed E-state index contributed by atoms with van der Waals surface area (Å²) in [7, 11) is 1.81. The minimum atomic E-state index is -0.338. The van der Waals surface area contributed by atoms with Crippen LogP contribution >= 0.6 is 15.9 Å². The maximum Gasteiger partial charge on any atom is 0.222 e. The molecule has 0 saturated heterocycles. The first kappa shape index (κ1) is 15.0. The zero-order chi connectivity index (χ0) is 14.7. The lowest BCUT2D eigenvalue weighted by molar-refractivity contribution is 0.418. The molecule has 2 rings (SSSR count). The Balaban J connectivity index is 2.35. The van der Waals surface area contributed by atoms with Gasteiger partial charge in [-0.05, 0) is 41.5 Å². The lowest BCUT2D eigenvalue weighted by Crippen LogP contribution is -2.12. The quantitative estimate of drug-likeness (QED) is 0.904. The predicted molar refractivity (Wildman–Crippen MR) is 79.5 cm³/mol. The molecule has 0 aliphatic carbocycles. The number of aromatic nitrogens is 2. The summed E-state index contributed by atoms with van der Waals surface area (Å²) in [6.07, 6.45) is 0. The van der Waals surface area contributed by atoms with Gasteiger partial charge in [0.2, 0.25) is 5.88 Å². The lowest BCUT2D eigenvalue weighted by atomic mass is 10.2. The molecule has 0 amide bonds. The number of rotatable bonds is 5. The molecule has 0 bridgehead atoms. The van der Waals surface area contributed by atoms with E-state index in [9.17, 15) is 4.39 Å². The van der Waals surface area contributed by atoms with Gasteiger partial charge in [0, 0.05) is 19.7 Å². The first-order valence-corrected chi connectivity index (χ1v) is 7.18. The molecule has 1 aromatic carbocycles. The largest absolute Gasteiger partial charge is 0.438 e. The van der Waals surface area contributed by atoms with Crippen LogP contribution in [0.4, 0.5) is 4.39 Å². The Labute approximate surface area is 126 Å². The highest BCUT2D eigenvalue weighted by Gasteiger charge is 2.16. The monoisotopic (exact) mass is 341 g/mol. The number of aryl methyl sites for hydroxylation is 2. The average Bonchev–Trinajstić information content (AvgIpc) is 2.66. The minimum absolute atomic E-state index is 0.338. The summed E-state index contributed by atoms with van der Waals surface area (Å²) in [5.74, 6) is 0.718. The standard InChI is InChI=1S/C14H17BrFN3O/c1-4-17-8-11-9(2)18-19(3)14(11)20-13-7-10(16)5-6-12(13)15/h5-7,17H,4,8H2,1-3H3. The van der Waals surface area contributed by atoms with E-state index >= 15 is 0 Å². The molecular formula is C14H17BrFN3O. The van der Waals surface area contributed by atoms with Crippen molar-refractivity contribution in [3.8, 4) is 11.6 Å². The molecule has 0 aliphatic rings. The summed E-state index contributed by atoms with van der Waals surface area (Å²) in [6.45, 7) is 5.49. The number of benzene rings is 1. The summed E-state index contributed by atoms with van der Waals surface area (Å²) >= 11 is 3.36. The first-order valence-electron chi connectivity index (χ1n) is 6.39. The number of hydrogen-bond donors (Lipinski definition) is 1. The number of nitrogens with zero attached hydrogens (tertiary/aromatic N) is 2. The van der Waals surface area contributed by atoms with Crippen LogP contribution in [0.2, 0.25) is 0 Å².